The van der Waals surface area contributed by atoms with E-state index in [9.17, 15) is 37.8 Å². The van der Waals surface area contributed by atoms with Gasteiger partial charge in [-0.15, -0.1) is 0 Å². The van der Waals surface area contributed by atoms with Gasteiger partial charge in [-0.25, -0.2) is 0 Å². The predicted octanol–water partition coefficient (Wildman–Crippen LogP) is 2.08. The van der Waals surface area contributed by atoms with Crippen molar-refractivity contribution in [3.63, 3.8) is 0 Å². The van der Waals surface area contributed by atoms with E-state index in [1.54, 1.807) is 11.8 Å². The van der Waals surface area contributed by atoms with Gasteiger partial charge in [0.2, 0.25) is 17.7 Å². The number of β-amino-alcohol motifs (C(OH)–C–C–N with tert-alkyl or cyclic N) is 2. The van der Waals surface area contributed by atoms with Crippen molar-refractivity contribution >= 4 is 29.3 Å². The fourth-order valence-corrected chi connectivity index (χ4v) is 5.57. The molecular weight excluding hydrogens is 515 g/mol. The molecule has 8 nitrogen and oxygen atoms in total. The highest BCUT2D eigenvalue weighted by Crippen LogP contribution is 2.53. The van der Waals surface area contributed by atoms with Crippen LogP contribution in [-0.4, -0.2) is 93.6 Å². The van der Waals surface area contributed by atoms with Gasteiger partial charge in [0.15, 0.2) is 0 Å². The fraction of sp³-hybridized carbons (Fsp3) is 0.640. The number of rotatable bonds is 6. The first-order valence-corrected chi connectivity index (χ1v) is 12.8. The molecule has 1 spiro atoms. The maximum Gasteiger partial charge on any atom is 0.417 e. The molecule has 2 N–H and O–H groups in total. The van der Waals surface area contributed by atoms with E-state index in [1.165, 1.54) is 15.9 Å². The van der Waals surface area contributed by atoms with Gasteiger partial charge in [0, 0.05) is 32.7 Å². The van der Waals surface area contributed by atoms with Crippen LogP contribution >= 0.6 is 11.6 Å². The van der Waals surface area contributed by atoms with Gasteiger partial charge in [-0.05, 0) is 49.3 Å². The van der Waals surface area contributed by atoms with Crippen LogP contribution in [0.25, 0.3) is 0 Å². The second-order valence-corrected chi connectivity index (χ2v) is 10.8. The van der Waals surface area contributed by atoms with E-state index in [4.69, 9.17) is 11.6 Å². The van der Waals surface area contributed by atoms with Crippen molar-refractivity contribution in [2.45, 2.75) is 63.5 Å². The Hall–Kier alpha value is -2.37. The molecule has 3 amide bonds. The van der Waals surface area contributed by atoms with Gasteiger partial charge in [0.1, 0.15) is 6.04 Å². The molecule has 37 heavy (non-hydrogen) atoms. The zero-order valence-corrected chi connectivity index (χ0v) is 21.3. The lowest BCUT2D eigenvalue weighted by molar-refractivity contribution is -0.152. The minimum atomic E-state index is -4.60. The lowest BCUT2D eigenvalue weighted by Gasteiger charge is -2.40. The lowest BCUT2D eigenvalue weighted by Crippen LogP contribution is -2.59. The molecule has 2 aliphatic heterocycles. The molecule has 1 aromatic carbocycles. The smallest absolute Gasteiger partial charge is 0.391 e. The summed E-state index contributed by atoms with van der Waals surface area (Å²) in [5.74, 6) is -1.09. The van der Waals surface area contributed by atoms with E-state index in [1.807, 2.05) is 0 Å². The van der Waals surface area contributed by atoms with E-state index in [-0.39, 0.29) is 56.3 Å². The van der Waals surface area contributed by atoms with Crippen molar-refractivity contribution in [3.8, 4) is 0 Å². The summed E-state index contributed by atoms with van der Waals surface area (Å²) in [5, 5.41) is 20.3. The number of nitrogens with zero attached hydrogens (tertiary/aromatic N) is 3. The summed E-state index contributed by atoms with van der Waals surface area (Å²) < 4.78 is 38.7. The number of hydrogen-bond acceptors (Lipinski definition) is 5. The first kappa shape index (κ1) is 27.7. The van der Waals surface area contributed by atoms with Crippen molar-refractivity contribution in [2.75, 3.05) is 32.7 Å². The van der Waals surface area contributed by atoms with E-state index < -0.39 is 40.9 Å². The van der Waals surface area contributed by atoms with Crippen molar-refractivity contribution in [3.05, 3.63) is 34.3 Å². The van der Waals surface area contributed by atoms with Gasteiger partial charge >= 0.3 is 6.18 Å². The third-order valence-corrected chi connectivity index (χ3v) is 8.14. The van der Waals surface area contributed by atoms with Crippen LogP contribution in [0, 0.1) is 5.41 Å². The van der Waals surface area contributed by atoms with Gasteiger partial charge in [-0.3, -0.25) is 14.4 Å². The molecule has 3 atom stereocenters. The third kappa shape index (κ3) is 6.04. The average Bonchev–Trinajstić information content (AvgIpc) is 3.58. The van der Waals surface area contributed by atoms with Gasteiger partial charge in [-0.1, -0.05) is 17.7 Å². The Morgan fingerprint density at radius 3 is 2.46 bits per heavy atom. The zero-order valence-electron chi connectivity index (χ0n) is 20.5. The Morgan fingerprint density at radius 2 is 1.86 bits per heavy atom. The first-order chi connectivity index (χ1) is 17.3. The SMILES string of the molecule is C[C@H]1C(=O)N(CC(O)CC(=O)N2CCC3(CC3)[C@H](O)C2)CCN1C(=O)Cc1ccc(C(F)(F)F)c(Cl)c1. The number of piperidine rings is 1. The molecule has 2 saturated heterocycles. The molecule has 1 unspecified atom stereocenters. The highest BCUT2D eigenvalue weighted by molar-refractivity contribution is 6.31. The van der Waals surface area contributed by atoms with Crippen molar-refractivity contribution in [1.29, 1.82) is 0 Å². The predicted molar refractivity (Wildman–Crippen MR) is 127 cm³/mol. The van der Waals surface area contributed by atoms with E-state index in [0.717, 1.165) is 31.4 Å². The Bertz CT molecular complexity index is 1060. The second kappa shape index (κ2) is 10.4. The maximum atomic E-state index is 12.9. The summed E-state index contributed by atoms with van der Waals surface area (Å²) in [6, 6.07) is 2.29. The normalized spacial score (nSPS) is 24.4. The number of amides is 3. The Balaban J connectivity index is 1.27. The van der Waals surface area contributed by atoms with Crippen molar-refractivity contribution in [2.24, 2.45) is 5.41 Å². The molecule has 0 aromatic heterocycles. The third-order valence-electron chi connectivity index (χ3n) is 7.83. The van der Waals surface area contributed by atoms with E-state index in [0.29, 0.717) is 12.1 Å². The highest BCUT2D eigenvalue weighted by atomic mass is 35.5. The van der Waals surface area contributed by atoms with Gasteiger partial charge in [0.25, 0.3) is 0 Å². The number of piperazine rings is 1. The number of aliphatic hydroxyl groups excluding tert-OH is 2. The maximum absolute atomic E-state index is 12.9. The molecule has 4 rings (SSSR count). The average molecular weight is 546 g/mol. The lowest BCUT2D eigenvalue weighted by atomic mass is 9.90. The monoisotopic (exact) mass is 545 g/mol. The summed E-state index contributed by atoms with van der Waals surface area (Å²) in [4.78, 5) is 42.6. The first-order valence-electron chi connectivity index (χ1n) is 12.4. The number of halogens is 4. The van der Waals surface area contributed by atoms with Gasteiger partial charge < -0.3 is 24.9 Å². The molecule has 2 heterocycles. The molecule has 12 heteroatoms. The quantitative estimate of drug-likeness (QED) is 0.570. The number of carbonyl (C=O) groups is 3. The Morgan fingerprint density at radius 1 is 1.16 bits per heavy atom. The number of aliphatic hydroxyl groups is 2. The topological polar surface area (TPSA) is 101 Å². The molecule has 3 aliphatic rings. The standard InChI is InChI=1S/C25H31ClF3N3O5/c1-15-23(37)31(13-17(33)12-21(35)30-7-6-24(4-5-24)20(34)14-30)8-9-32(15)22(36)11-16-2-3-18(19(26)10-16)25(27,28)29/h2-3,10,15,17,20,33-34H,4-9,11-14H2,1H3/t15-,17?,20+/m0/s1. The number of carbonyl (C=O) groups excluding carboxylic acids is 3. The number of benzene rings is 1. The number of hydrogen-bond donors (Lipinski definition) is 2. The van der Waals surface area contributed by atoms with Crippen LogP contribution in [0.5, 0.6) is 0 Å². The van der Waals surface area contributed by atoms with Crippen LogP contribution in [0.15, 0.2) is 18.2 Å². The molecule has 0 radical (unpaired) electrons. The van der Waals surface area contributed by atoms with Crippen molar-refractivity contribution in [1.82, 2.24) is 14.7 Å². The number of likely N-dealkylation sites (tertiary alicyclic amines) is 1. The van der Waals surface area contributed by atoms with E-state index >= 15 is 0 Å². The van der Waals surface area contributed by atoms with Gasteiger partial charge in [-0.2, -0.15) is 13.2 Å². The Kier molecular flexibility index (Phi) is 7.79. The molecule has 1 aliphatic carbocycles. The summed E-state index contributed by atoms with van der Waals surface area (Å²) in [7, 11) is 0. The second-order valence-electron chi connectivity index (χ2n) is 10.4. The minimum absolute atomic E-state index is 0.0339. The highest BCUT2D eigenvalue weighted by Gasteiger charge is 2.51. The molecule has 3 fully saturated rings. The summed E-state index contributed by atoms with van der Waals surface area (Å²) in [6.45, 7) is 2.62. The molecular formula is C25H31ClF3N3O5. The number of alkyl halides is 3. The molecule has 1 saturated carbocycles. The summed E-state index contributed by atoms with van der Waals surface area (Å²) >= 11 is 5.74. The summed E-state index contributed by atoms with van der Waals surface area (Å²) in [5.41, 5.74) is -0.717. The Labute approximate surface area is 218 Å². The zero-order chi connectivity index (χ0) is 27.1. The van der Waals surface area contributed by atoms with Gasteiger partial charge in [0.05, 0.1) is 35.6 Å². The van der Waals surface area contributed by atoms with Crippen LogP contribution in [0.2, 0.25) is 5.02 Å². The van der Waals surface area contributed by atoms with E-state index in [2.05, 4.69) is 0 Å². The molecule has 0 bridgehead atoms. The van der Waals surface area contributed by atoms with Crippen LogP contribution in [0.1, 0.15) is 43.7 Å². The minimum Gasteiger partial charge on any atom is -0.391 e. The fourth-order valence-electron chi connectivity index (χ4n) is 5.26. The molecule has 204 valence electrons. The summed E-state index contributed by atoms with van der Waals surface area (Å²) in [6.07, 6.45) is -3.91. The largest absolute Gasteiger partial charge is 0.417 e. The van der Waals surface area contributed by atoms with Crippen LogP contribution in [0.4, 0.5) is 13.2 Å². The van der Waals surface area contributed by atoms with Crippen LogP contribution in [-0.2, 0) is 27.0 Å². The van der Waals surface area contributed by atoms with Crippen LogP contribution in [0.3, 0.4) is 0 Å². The molecule has 1 aromatic rings. The van der Waals surface area contributed by atoms with Crippen LogP contribution < -0.4 is 0 Å². The van der Waals surface area contributed by atoms with Crippen molar-refractivity contribution < 1.29 is 37.8 Å².